The van der Waals surface area contributed by atoms with Gasteiger partial charge in [0, 0.05) is 17.3 Å². The molecule has 0 aromatic heterocycles. The number of ether oxygens (including phenoxy) is 3. The van der Waals surface area contributed by atoms with Crippen LogP contribution in [0.5, 0.6) is 17.2 Å². The van der Waals surface area contributed by atoms with E-state index >= 15 is 0 Å². The van der Waals surface area contributed by atoms with Crippen molar-refractivity contribution in [3.8, 4) is 23.3 Å². The average molecular weight is 338 g/mol. The Balaban J connectivity index is 2.31. The highest BCUT2D eigenvalue weighted by Crippen LogP contribution is 2.38. The summed E-state index contributed by atoms with van der Waals surface area (Å²) < 4.78 is 16.5. The number of methoxy groups -OCH3 is 2. The molecule has 25 heavy (non-hydrogen) atoms. The van der Waals surface area contributed by atoms with E-state index in [0.29, 0.717) is 17.2 Å². The van der Waals surface area contributed by atoms with Gasteiger partial charge >= 0.3 is 0 Å². The number of nitrogens with one attached hydrogen (secondary N) is 1. The lowest BCUT2D eigenvalue weighted by atomic mass is 10.0. The van der Waals surface area contributed by atoms with Crippen molar-refractivity contribution in [3.05, 3.63) is 60.0 Å². The van der Waals surface area contributed by atoms with E-state index in [1.807, 2.05) is 50.2 Å². The van der Waals surface area contributed by atoms with Gasteiger partial charge in [-0.2, -0.15) is 5.26 Å². The van der Waals surface area contributed by atoms with Crippen LogP contribution in [0.3, 0.4) is 0 Å². The van der Waals surface area contributed by atoms with Gasteiger partial charge in [0.1, 0.15) is 11.8 Å². The first-order valence-corrected chi connectivity index (χ1v) is 7.94. The number of anilines is 1. The molecule has 0 bridgehead atoms. The zero-order valence-electron chi connectivity index (χ0n) is 14.9. The largest absolute Gasteiger partial charge is 0.493 e. The number of nitriles is 1. The third-order valence-electron chi connectivity index (χ3n) is 3.61. The molecule has 0 aliphatic heterocycles. The first kappa shape index (κ1) is 18.2. The van der Waals surface area contributed by atoms with Gasteiger partial charge in [-0.25, -0.2) is 0 Å². The monoisotopic (exact) mass is 338 g/mol. The van der Waals surface area contributed by atoms with E-state index in [9.17, 15) is 5.26 Å². The van der Waals surface area contributed by atoms with Crippen LogP contribution in [0.1, 0.15) is 25.3 Å². The molecule has 0 fully saturated rings. The first-order valence-electron chi connectivity index (χ1n) is 7.94. The van der Waals surface area contributed by atoms with Crippen LogP contribution in [0.4, 0.5) is 5.69 Å². The van der Waals surface area contributed by atoms with E-state index < -0.39 is 0 Å². The summed E-state index contributed by atoms with van der Waals surface area (Å²) >= 11 is 0. The van der Waals surface area contributed by atoms with Gasteiger partial charge in [-0.3, -0.25) is 0 Å². The molecular weight excluding hydrogens is 316 g/mol. The van der Waals surface area contributed by atoms with Crippen molar-refractivity contribution in [2.24, 2.45) is 0 Å². The minimum Gasteiger partial charge on any atom is -0.493 e. The molecular formula is C20H22N2O3. The molecule has 0 radical (unpaired) electrons. The van der Waals surface area contributed by atoms with E-state index in [1.165, 1.54) is 6.20 Å². The Bertz CT molecular complexity index is 778. The van der Waals surface area contributed by atoms with Gasteiger partial charge in [0.05, 0.1) is 20.4 Å². The van der Waals surface area contributed by atoms with E-state index in [0.717, 1.165) is 11.3 Å². The maximum Gasteiger partial charge on any atom is 0.219 e. The van der Waals surface area contributed by atoms with Crippen molar-refractivity contribution in [3.63, 3.8) is 0 Å². The summed E-state index contributed by atoms with van der Waals surface area (Å²) in [6.07, 6.45) is 1.54. The second kappa shape index (κ2) is 8.65. The second-order valence-electron chi connectivity index (χ2n) is 5.63. The number of benzene rings is 2. The summed E-state index contributed by atoms with van der Waals surface area (Å²) in [5.74, 6) is 2.09. The predicted molar refractivity (Wildman–Crippen MR) is 98.0 cm³/mol. The standard InChI is InChI=1S/C20H22N2O3/c1-14(2)17-10-19(23-3)20(24-4)11-18(17)25-16(12-21)13-22-15-8-6-5-7-9-15/h5-11,13-14,22H,1-4H3/b16-13+. The lowest BCUT2D eigenvalue weighted by Crippen LogP contribution is -2.03. The summed E-state index contributed by atoms with van der Waals surface area (Å²) in [6, 6.07) is 15.2. The van der Waals surface area contributed by atoms with Crippen molar-refractivity contribution >= 4 is 5.69 Å². The molecule has 5 heteroatoms. The van der Waals surface area contributed by atoms with Crippen molar-refractivity contribution in [1.82, 2.24) is 0 Å². The van der Waals surface area contributed by atoms with Crippen LogP contribution in [0, 0.1) is 11.3 Å². The van der Waals surface area contributed by atoms with Gasteiger partial charge in [-0.15, -0.1) is 0 Å². The summed E-state index contributed by atoms with van der Waals surface area (Å²) in [5, 5.41) is 12.4. The number of hydrogen-bond acceptors (Lipinski definition) is 5. The van der Waals surface area contributed by atoms with Gasteiger partial charge in [0.2, 0.25) is 5.76 Å². The highest BCUT2D eigenvalue weighted by atomic mass is 16.5. The van der Waals surface area contributed by atoms with E-state index in [4.69, 9.17) is 14.2 Å². The number of para-hydroxylation sites is 1. The van der Waals surface area contributed by atoms with Crippen LogP contribution in [-0.2, 0) is 0 Å². The summed E-state index contributed by atoms with van der Waals surface area (Å²) in [5.41, 5.74) is 1.80. The fourth-order valence-corrected chi connectivity index (χ4v) is 2.30. The smallest absolute Gasteiger partial charge is 0.219 e. The Kier molecular flexibility index (Phi) is 6.30. The Morgan fingerprint density at radius 2 is 1.68 bits per heavy atom. The van der Waals surface area contributed by atoms with Gasteiger partial charge in [0.15, 0.2) is 11.5 Å². The van der Waals surface area contributed by atoms with Crippen LogP contribution in [0.25, 0.3) is 0 Å². The van der Waals surface area contributed by atoms with Crippen LogP contribution < -0.4 is 19.5 Å². The van der Waals surface area contributed by atoms with E-state index in [-0.39, 0.29) is 11.7 Å². The third-order valence-corrected chi connectivity index (χ3v) is 3.61. The number of hydrogen-bond donors (Lipinski definition) is 1. The minimum absolute atomic E-state index is 0.151. The fraction of sp³-hybridized carbons (Fsp3) is 0.250. The normalized spacial score (nSPS) is 11.0. The Labute approximate surface area is 148 Å². The van der Waals surface area contributed by atoms with Crippen LogP contribution >= 0.6 is 0 Å². The molecule has 0 spiro atoms. The highest BCUT2D eigenvalue weighted by molar-refractivity contribution is 5.53. The maximum absolute atomic E-state index is 9.38. The van der Waals surface area contributed by atoms with Crippen molar-refractivity contribution in [2.45, 2.75) is 19.8 Å². The second-order valence-corrected chi connectivity index (χ2v) is 5.63. The fourth-order valence-electron chi connectivity index (χ4n) is 2.30. The topological polar surface area (TPSA) is 63.5 Å². The molecule has 2 aromatic rings. The summed E-state index contributed by atoms with van der Waals surface area (Å²) in [4.78, 5) is 0. The third kappa shape index (κ3) is 4.67. The molecule has 0 atom stereocenters. The highest BCUT2D eigenvalue weighted by Gasteiger charge is 2.16. The Morgan fingerprint density at radius 1 is 1.04 bits per heavy atom. The summed E-state index contributed by atoms with van der Waals surface area (Å²) in [7, 11) is 3.15. The lowest BCUT2D eigenvalue weighted by Gasteiger charge is -2.17. The molecule has 0 unspecified atom stereocenters. The van der Waals surface area contributed by atoms with Gasteiger partial charge in [-0.1, -0.05) is 32.0 Å². The van der Waals surface area contributed by atoms with Crippen molar-refractivity contribution < 1.29 is 14.2 Å². The van der Waals surface area contributed by atoms with Crippen LogP contribution in [-0.4, -0.2) is 14.2 Å². The molecule has 0 aliphatic rings. The molecule has 2 aromatic carbocycles. The van der Waals surface area contributed by atoms with Gasteiger partial charge in [-0.05, 0) is 24.1 Å². The quantitative estimate of drug-likeness (QED) is 0.586. The molecule has 0 heterocycles. The zero-order chi connectivity index (χ0) is 18.2. The lowest BCUT2D eigenvalue weighted by molar-refractivity contribution is 0.349. The van der Waals surface area contributed by atoms with Crippen LogP contribution in [0.15, 0.2) is 54.4 Å². The zero-order valence-corrected chi connectivity index (χ0v) is 14.9. The summed E-state index contributed by atoms with van der Waals surface area (Å²) in [6.45, 7) is 4.10. The molecule has 2 rings (SSSR count). The molecule has 0 saturated carbocycles. The number of allylic oxidation sites excluding steroid dienone is 1. The molecule has 130 valence electrons. The van der Waals surface area contributed by atoms with E-state index in [1.54, 1.807) is 20.3 Å². The first-order chi connectivity index (χ1) is 12.1. The van der Waals surface area contributed by atoms with Gasteiger partial charge in [0.25, 0.3) is 0 Å². The Morgan fingerprint density at radius 3 is 2.24 bits per heavy atom. The van der Waals surface area contributed by atoms with Gasteiger partial charge < -0.3 is 19.5 Å². The SMILES string of the molecule is COc1cc(O/C(C#N)=C/Nc2ccccc2)c(C(C)C)cc1OC. The van der Waals surface area contributed by atoms with Crippen molar-refractivity contribution in [1.29, 1.82) is 5.26 Å². The minimum atomic E-state index is 0.151. The number of rotatable bonds is 7. The molecule has 0 aliphatic carbocycles. The average Bonchev–Trinajstić information content (AvgIpc) is 2.65. The molecule has 1 N–H and O–H groups in total. The molecule has 0 saturated heterocycles. The molecule has 0 amide bonds. The Hall–Kier alpha value is -3.13. The number of nitrogens with zero attached hydrogens (tertiary/aromatic N) is 1. The maximum atomic E-state index is 9.38. The van der Waals surface area contributed by atoms with Crippen molar-refractivity contribution in [2.75, 3.05) is 19.5 Å². The van der Waals surface area contributed by atoms with Crippen LogP contribution in [0.2, 0.25) is 0 Å². The van der Waals surface area contributed by atoms with E-state index in [2.05, 4.69) is 11.4 Å². The molecule has 5 nitrogen and oxygen atoms in total. The predicted octanol–water partition coefficient (Wildman–Crippen LogP) is 4.68.